The molecule has 0 bridgehead atoms. The van der Waals surface area contributed by atoms with E-state index < -0.39 is 0 Å². The molecule has 0 amide bonds. The van der Waals surface area contributed by atoms with Crippen molar-refractivity contribution in [3.8, 4) is 17.2 Å². The van der Waals surface area contributed by atoms with Gasteiger partial charge in [-0.15, -0.1) is 0 Å². The highest BCUT2D eigenvalue weighted by Crippen LogP contribution is 2.37. The van der Waals surface area contributed by atoms with Crippen LogP contribution in [-0.2, 0) is 0 Å². The minimum absolute atomic E-state index is 0.127. The van der Waals surface area contributed by atoms with E-state index in [2.05, 4.69) is 0 Å². The Balaban J connectivity index is 1.58. The molecule has 2 aromatic carbocycles. The van der Waals surface area contributed by atoms with E-state index in [0.29, 0.717) is 29.9 Å². The Bertz CT molecular complexity index is 851. The van der Waals surface area contributed by atoms with Crippen LogP contribution in [0.1, 0.15) is 30.1 Å². The lowest BCUT2D eigenvalue weighted by molar-refractivity contribution is 0.101. The van der Waals surface area contributed by atoms with Gasteiger partial charge in [0.25, 0.3) is 0 Å². The first-order valence-corrected chi connectivity index (χ1v) is 8.21. The van der Waals surface area contributed by atoms with Crippen molar-refractivity contribution in [2.24, 2.45) is 0 Å². The molecule has 0 atom stereocenters. The molecule has 3 rings (SSSR count). The summed E-state index contributed by atoms with van der Waals surface area (Å²) in [5.41, 5.74) is 0.680. The maximum atomic E-state index is 11.9. The number of benzene rings is 2. The van der Waals surface area contributed by atoms with Gasteiger partial charge in [0.2, 0.25) is 0 Å². The van der Waals surface area contributed by atoms with Gasteiger partial charge in [-0.3, -0.25) is 4.79 Å². The molecular weight excluding hydrogens is 320 g/mol. The number of ketones is 1. The molecule has 5 nitrogen and oxygen atoms in total. The molecule has 0 aliphatic carbocycles. The van der Waals surface area contributed by atoms with Crippen LogP contribution < -0.4 is 9.47 Å². The summed E-state index contributed by atoms with van der Waals surface area (Å²) in [6.45, 7) is 2.41. The summed E-state index contributed by atoms with van der Waals surface area (Å²) in [5, 5.41) is 10.7. The number of carbonyl (C=O) groups is 1. The largest absolute Gasteiger partial charge is 0.507 e. The number of hydrogen-bond acceptors (Lipinski definition) is 5. The monoisotopic (exact) mass is 340 g/mol. The normalized spacial score (nSPS) is 10.8. The predicted octanol–water partition coefficient (Wildman–Crippen LogP) is 4.58. The van der Waals surface area contributed by atoms with Crippen molar-refractivity contribution in [1.29, 1.82) is 0 Å². The van der Waals surface area contributed by atoms with Crippen molar-refractivity contribution < 1.29 is 23.8 Å². The van der Waals surface area contributed by atoms with Crippen molar-refractivity contribution in [2.75, 3.05) is 13.2 Å². The van der Waals surface area contributed by atoms with E-state index in [-0.39, 0.29) is 17.1 Å². The van der Waals surface area contributed by atoms with Gasteiger partial charge in [-0.1, -0.05) is 18.2 Å². The number of furan rings is 1. The Kier molecular flexibility index (Phi) is 5.23. The highest BCUT2D eigenvalue weighted by atomic mass is 16.5. The summed E-state index contributed by atoms with van der Waals surface area (Å²) in [5.74, 6) is 0.843. The smallest absolute Gasteiger partial charge is 0.167 e. The van der Waals surface area contributed by atoms with Crippen LogP contribution in [0, 0.1) is 0 Å². The van der Waals surface area contributed by atoms with Crippen LogP contribution >= 0.6 is 0 Å². The Morgan fingerprint density at radius 3 is 2.52 bits per heavy atom. The fraction of sp³-hybridized carbons (Fsp3) is 0.250. The van der Waals surface area contributed by atoms with Gasteiger partial charge < -0.3 is 19.0 Å². The number of carbonyl (C=O) groups excluding carboxylic acids is 1. The molecule has 0 spiro atoms. The topological polar surface area (TPSA) is 68.9 Å². The highest BCUT2D eigenvalue weighted by molar-refractivity contribution is 6.05. The van der Waals surface area contributed by atoms with Gasteiger partial charge in [0.15, 0.2) is 5.78 Å². The van der Waals surface area contributed by atoms with Crippen molar-refractivity contribution in [1.82, 2.24) is 0 Å². The van der Waals surface area contributed by atoms with E-state index in [1.165, 1.54) is 19.3 Å². The van der Waals surface area contributed by atoms with Gasteiger partial charge in [-0.25, -0.2) is 0 Å². The Labute approximate surface area is 145 Å². The number of phenols is 1. The quantitative estimate of drug-likeness (QED) is 0.480. The van der Waals surface area contributed by atoms with Crippen molar-refractivity contribution in [2.45, 2.75) is 19.8 Å². The van der Waals surface area contributed by atoms with Crippen LogP contribution in [0.5, 0.6) is 17.2 Å². The minimum atomic E-state index is -0.247. The zero-order valence-corrected chi connectivity index (χ0v) is 14.0. The number of phenolic OH excluding ortho intramolecular Hbond substituents is 1. The summed E-state index contributed by atoms with van der Waals surface area (Å²) in [6, 6.07) is 12.8. The summed E-state index contributed by atoms with van der Waals surface area (Å²) in [7, 11) is 0. The van der Waals surface area contributed by atoms with E-state index in [0.717, 1.165) is 18.6 Å². The molecular formula is C20H20O5. The maximum Gasteiger partial charge on any atom is 0.167 e. The number of Topliss-reactive ketones (excluding diaryl/α,β-unsaturated/α-hetero) is 1. The second-order valence-corrected chi connectivity index (χ2v) is 5.71. The van der Waals surface area contributed by atoms with Gasteiger partial charge in [-0.05, 0) is 38.0 Å². The Hall–Kier alpha value is -2.95. The lowest BCUT2D eigenvalue weighted by atomic mass is 10.1. The van der Waals surface area contributed by atoms with Gasteiger partial charge in [0, 0.05) is 6.07 Å². The van der Waals surface area contributed by atoms with Crippen LogP contribution in [0.15, 0.2) is 53.1 Å². The number of hydrogen-bond donors (Lipinski definition) is 1. The third-order valence-corrected chi connectivity index (χ3v) is 3.84. The molecule has 1 aromatic heterocycles. The first-order valence-electron chi connectivity index (χ1n) is 8.21. The predicted molar refractivity (Wildman–Crippen MR) is 94.5 cm³/mol. The Morgan fingerprint density at radius 2 is 1.80 bits per heavy atom. The molecule has 0 saturated heterocycles. The molecule has 1 N–H and O–H groups in total. The lowest BCUT2D eigenvalue weighted by Gasteiger charge is -2.12. The SMILES string of the molecule is CC(=O)c1c(O)cc2occc2c1OCCCCOc1ccccc1. The van der Waals surface area contributed by atoms with E-state index in [1.807, 2.05) is 30.3 Å². The molecule has 5 heteroatoms. The van der Waals surface area contributed by atoms with Crippen LogP contribution in [0.3, 0.4) is 0 Å². The van der Waals surface area contributed by atoms with Gasteiger partial charge in [-0.2, -0.15) is 0 Å². The zero-order valence-electron chi connectivity index (χ0n) is 14.0. The summed E-state index contributed by atoms with van der Waals surface area (Å²) in [6.07, 6.45) is 3.09. The van der Waals surface area contributed by atoms with E-state index in [9.17, 15) is 9.90 Å². The molecule has 3 aromatic rings. The molecule has 0 saturated carbocycles. The molecule has 0 aliphatic rings. The van der Waals surface area contributed by atoms with Gasteiger partial charge in [0.05, 0.1) is 24.9 Å². The van der Waals surface area contributed by atoms with Crippen molar-refractivity contribution >= 4 is 16.8 Å². The highest BCUT2D eigenvalue weighted by Gasteiger charge is 2.19. The van der Waals surface area contributed by atoms with E-state index in [1.54, 1.807) is 6.07 Å². The number of aromatic hydroxyl groups is 1. The Morgan fingerprint density at radius 1 is 1.08 bits per heavy atom. The second-order valence-electron chi connectivity index (χ2n) is 5.71. The van der Waals surface area contributed by atoms with Crippen LogP contribution in [0.4, 0.5) is 0 Å². The summed E-state index contributed by atoms with van der Waals surface area (Å²) in [4.78, 5) is 11.9. The summed E-state index contributed by atoms with van der Waals surface area (Å²) < 4.78 is 16.7. The van der Waals surface area contributed by atoms with Crippen molar-refractivity contribution in [3.05, 3.63) is 54.3 Å². The first kappa shape index (κ1) is 16.9. The number of fused-ring (bicyclic) bond motifs is 1. The molecule has 130 valence electrons. The average Bonchev–Trinajstić information content (AvgIpc) is 3.06. The van der Waals surface area contributed by atoms with Gasteiger partial charge >= 0.3 is 0 Å². The van der Waals surface area contributed by atoms with Crippen LogP contribution in [-0.4, -0.2) is 24.1 Å². The summed E-state index contributed by atoms with van der Waals surface area (Å²) >= 11 is 0. The zero-order chi connectivity index (χ0) is 17.6. The van der Waals surface area contributed by atoms with E-state index in [4.69, 9.17) is 13.9 Å². The second kappa shape index (κ2) is 7.75. The molecule has 0 unspecified atom stereocenters. The van der Waals surface area contributed by atoms with Gasteiger partial charge in [0.1, 0.15) is 28.4 Å². The van der Waals surface area contributed by atoms with Crippen LogP contribution in [0.2, 0.25) is 0 Å². The standard InChI is InChI=1S/C20H20O5/c1-14(21)19-17(22)13-18-16(9-12-24-18)20(19)25-11-6-5-10-23-15-7-3-2-4-8-15/h2-4,7-9,12-13,22H,5-6,10-11H2,1H3. The number of rotatable bonds is 8. The third kappa shape index (κ3) is 3.94. The van der Waals surface area contributed by atoms with Crippen molar-refractivity contribution in [3.63, 3.8) is 0 Å². The molecule has 25 heavy (non-hydrogen) atoms. The molecule has 0 aliphatic heterocycles. The molecule has 0 radical (unpaired) electrons. The minimum Gasteiger partial charge on any atom is -0.507 e. The fourth-order valence-electron chi connectivity index (χ4n) is 2.64. The van der Waals surface area contributed by atoms with Crippen LogP contribution in [0.25, 0.3) is 11.0 Å². The first-order chi connectivity index (χ1) is 12.2. The molecule has 1 heterocycles. The van der Waals surface area contributed by atoms with E-state index >= 15 is 0 Å². The third-order valence-electron chi connectivity index (χ3n) is 3.84. The number of para-hydroxylation sites is 1. The average molecular weight is 340 g/mol. The lowest BCUT2D eigenvalue weighted by Crippen LogP contribution is -2.06. The molecule has 0 fully saturated rings. The number of ether oxygens (including phenoxy) is 2. The maximum absolute atomic E-state index is 11.9. The number of unbranched alkanes of at least 4 members (excludes halogenated alkanes) is 1. The fourth-order valence-corrected chi connectivity index (χ4v) is 2.64.